The zero-order chi connectivity index (χ0) is 13.8. The van der Waals surface area contributed by atoms with Crippen molar-refractivity contribution in [3.8, 4) is 0 Å². The normalized spacial score (nSPS) is 19.7. The smallest absolute Gasteiger partial charge is 0.350 e. The van der Waals surface area contributed by atoms with E-state index in [4.69, 9.17) is 9.47 Å². The van der Waals surface area contributed by atoms with Gasteiger partial charge in [-0.05, 0) is 12.8 Å². The first-order valence-corrected chi connectivity index (χ1v) is 7.44. The Balaban J connectivity index is 2.26. The van der Waals surface area contributed by atoms with Gasteiger partial charge in [0.1, 0.15) is 9.88 Å². The summed E-state index contributed by atoms with van der Waals surface area (Å²) in [7, 11) is 0. The zero-order valence-corrected chi connectivity index (χ0v) is 12.4. The van der Waals surface area contributed by atoms with Crippen LogP contribution >= 0.6 is 11.3 Å². The van der Waals surface area contributed by atoms with Gasteiger partial charge in [-0.2, -0.15) is 0 Å². The maximum atomic E-state index is 12.0. The molecule has 5 nitrogen and oxygen atoms in total. The second-order valence-electron chi connectivity index (χ2n) is 4.72. The Labute approximate surface area is 117 Å². The quantitative estimate of drug-likeness (QED) is 0.858. The number of ether oxygens (including phenoxy) is 2. The summed E-state index contributed by atoms with van der Waals surface area (Å²) >= 11 is 1.41. The van der Waals surface area contributed by atoms with E-state index in [0.717, 1.165) is 23.9 Å². The second-order valence-corrected chi connectivity index (χ2v) is 5.75. The molecule has 1 unspecified atom stereocenters. The molecule has 1 aromatic heterocycles. The highest BCUT2D eigenvalue weighted by atomic mass is 32.1. The zero-order valence-electron chi connectivity index (χ0n) is 11.6. The van der Waals surface area contributed by atoms with E-state index in [2.05, 4.69) is 10.3 Å². The molecule has 1 saturated heterocycles. The summed E-state index contributed by atoms with van der Waals surface area (Å²) in [5.41, 5.74) is 0.825. The van der Waals surface area contributed by atoms with Crippen LogP contribution in [0.25, 0.3) is 0 Å². The Kier molecular flexibility index (Phi) is 4.90. The average molecular weight is 284 g/mol. The Hall–Kier alpha value is -0.980. The molecule has 1 fully saturated rings. The number of rotatable bonds is 4. The van der Waals surface area contributed by atoms with Crippen LogP contribution in [0.3, 0.4) is 0 Å². The number of carbonyl (C=O) groups is 1. The van der Waals surface area contributed by atoms with Crippen molar-refractivity contribution in [1.82, 2.24) is 10.3 Å². The van der Waals surface area contributed by atoms with Crippen LogP contribution in [0.1, 0.15) is 53.1 Å². The second kappa shape index (κ2) is 6.45. The van der Waals surface area contributed by atoms with Crippen molar-refractivity contribution >= 4 is 17.3 Å². The van der Waals surface area contributed by atoms with Crippen LogP contribution in [-0.4, -0.2) is 37.3 Å². The van der Waals surface area contributed by atoms with Gasteiger partial charge in [0.2, 0.25) is 0 Å². The van der Waals surface area contributed by atoms with Crippen molar-refractivity contribution in [2.45, 2.75) is 32.7 Å². The van der Waals surface area contributed by atoms with Crippen LogP contribution in [0.4, 0.5) is 0 Å². The molecule has 106 valence electrons. The third-order valence-corrected chi connectivity index (χ3v) is 4.06. The molecular weight excluding hydrogens is 264 g/mol. The average Bonchev–Trinajstić information content (AvgIpc) is 2.85. The Morgan fingerprint density at radius 1 is 1.63 bits per heavy atom. The molecule has 0 aliphatic carbocycles. The largest absolute Gasteiger partial charge is 0.462 e. The predicted molar refractivity (Wildman–Crippen MR) is 73.7 cm³/mol. The molecule has 0 spiro atoms. The molecule has 1 N–H and O–H groups in total. The number of nitrogens with zero attached hydrogens (tertiary/aromatic N) is 1. The maximum Gasteiger partial charge on any atom is 0.350 e. The fourth-order valence-electron chi connectivity index (χ4n) is 1.96. The molecule has 2 heterocycles. The monoisotopic (exact) mass is 284 g/mol. The first-order chi connectivity index (χ1) is 9.13. The van der Waals surface area contributed by atoms with Crippen LogP contribution in [-0.2, 0) is 9.47 Å². The van der Waals surface area contributed by atoms with E-state index in [9.17, 15) is 4.79 Å². The highest BCUT2D eigenvalue weighted by Crippen LogP contribution is 2.30. The number of morpholine rings is 1. The number of nitrogens with one attached hydrogen (secondary N) is 1. The van der Waals surface area contributed by atoms with E-state index in [1.54, 1.807) is 0 Å². The third kappa shape index (κ3) is 3.32. The number of carbonyl (C=O) groups excluding carboxylic acids is 1. The highest BCUT2D eigenvalue weighted by Gasteiger charge is 2.26. The molecular formula is C13H20N2O3S. The number of aromatic nitrogens is 1. The van der Waals surface area contributed by atoms with Crippen molar-refractivity contribution in [1.29, 1.82) is 0 Å². The van der Waals surface area contributed by atoms with E-state index < -0.39 is 0 Å². The molecule has 0 bridgehead atoms. The fourth-order valence-corrected chi connectivity index (χ4v) is 3.13. The van der Waals surface area contributed by atoms with E-state index in [1.165, 1.54) is 11.3 Å². The summed E-state index contributed by atoms with van der Waals surface area (Å²) in [6.45, 7) is 8.41. The van der Waals surface area contributed by atoms with Gasteiger partial charge in [0, 0.05) is 6.54 Å². The Morgan fingerprint density at radius 3 is 3.00 bits per heavy atom. The summed E-state index contributed by atoms with van der Waals surface area (Å²) in [5, 5.41) is 4.27. The topological polar surface area (TPSA) is 60.5 Å². The summed E-state index contributed by atoms with van der Waals surface area (Å²) in [6.07, 6.45) is 0. The van der Waals surface area contributed by atoms with Crippen LogP contribution in [0.2, 0.25) is 0 Å². The molecule has 6 heteroatoms. The van der Waals surface area contributed by atoms with Crippen molar-refractivity contribution < 1.29 is 14.3 Å². The Bertz CT molecular complexity index is 439. The van der Waals surface area contributed by atoms with Gasteiger partial charge in [-0.25, -0.2) is 9.78 Å². The van der Waals surface area contributed by atoms with Crippen molar-refractivity contribution in [2.24, 2.45) is 0 Å². The molecule has 0 aromatic carbocycles. The van der Waals surface area contributed by atoms with Gasteiger partial charge in [-0.3, -0.25) is 0 Å². The maximum absolute atomic E-state index is 12.0. The van der Waals surface area contributed by atoms with E-state index >= 15 is 0 Å². The molecule has 0 radical (unpaired) electrons. The van der Waals surface area contributed by atoms with Gasteiger partial charge < -0.3 is 14.8 Å². The predicted octanol–water partition coefficient (Wildman–Crippen LogP) is 2.10. The minimum Gasteiger partial charge on any atom is -0.462 e. The van der Waals surface area contributed by atoms with Crippen LogP contribution in [0.5, 0.6) is 0 Å². The molecule has 1 aromatic rings. The number of thiazole rings is 1. The molecule has 0 amide bonds. The number of hydrogen-bond acceptors (Lipinski definition) is 6. The van der Waals surface area contributed by atoms with E-state index in [1.807, 2.05) is 20.8 Å². The van der Waals surface area contributed by atoms with Crippen molar-refractivity contribution in [2.75, 3.05) is 26.4 Å². The van der Waals surface area contributed by atoms with Gasteiger partial charge >= 0.3 is 5.97 Å². The minimum atomic E-state index is -0.272. The third-order valence-electron chi connectivity index (χ3n) is 2.90. The molecule has 0 saturated carbocycles. The van der Waals surface area contributed by atoms with Crippen molar-refractivity contribution in [3.05, 3.63) is 15.6 Å². The lowest BCUT2D eigenvalue weighted by Gasteiger charge is -2.21. The lowest BCUT2D eigenvalue weighted by molar-refractivity contribution is 0.0530. The van der Waals surface area contributed by atoms with Gasteiger partial charge in [-0.15, -0.1) is 11.3 Å². The summed E-state index contributed by atoms with van der Waals surface area (Å²) < 4.78 is 10.5. The lowest BCUT2D eigenvalue weighted by atomic mass is 10.1. The highest BCUT2D eigenvalue weighted by molar-refractivity contribution is 7.13. The van der Waals surface area contributed by atoms with E-state index in [-0.39, 0.29) is 17.9 Å². The molecule has 1 aliphatic heterocycles. The SMILES string of the molecule is CCOC(=O)c1sc(C2COCCN2)nc1C(C)C. The van der Waals surface area contributed by atoms with Crippen molar-refractivity contribution in [3.63, 3.8) is 0 Å². The summed E-state index contributed by atoms with van der Waals surface area (Å²) in [6, 6.07) is 0.0828. The van der Waals surface area contributed by atoms with Crippen LogP contribution in [0, 0.1) is 0 Å². The van der Waals surface area contributed by atoms with Crippen LogP contribution in [0.15, 0.2) is 0 Å². The molecule has 2 rings (SSSR count). The fraction of sp³-hybridized carbons (Fsp3) is 0.692. The van der Waals surface area contributed by atoms with Crippen LogP contribution < -0.4 is 5.32 Å². The molecule has 19 heavy (non-hydrogen) atoms. The molecule has 1 atom stereocenters. The lowest BCUT2D eigenvalue weighted by Crippen LogP contribution is -2.34. The van der Waals surface area contributed by atoms with Gasteiger partial charge in [0.15, 0.2) is 0 Å². The van der Waals surface area contributed by atoms with Gasteiger partial charge in [-0.1, -0.05) is 13.8 Å². The minimum absolute atomic E-state index is 0.0828. The number of esters is 1. The van der Waals surface area contributed by atoms with Gasteiger partial charge in [0.25, 0.3) is 0 Å². The summed E-state index contributed by atoms with van der Waals surface area (Å²) in [4.78, 5) is 17.2. The first-order valence-electron chi connectivity index (χ1n) is 6.62. The van der Waals surface area contributed by atoms with E-state index in [0.29, 0.717) is 18.1 Å². The molecule has 1 aliphatic rings. The first kappa shape index (κ1) is 14.4. The Morgan fingerprint density at radius 2 is 2.42 bits per heavy atom. The van der Waals surface area contributed by atoms with Gasteiger partial charge in [0.05, 0.1) is 31.6 Å². The summed E-state index contributed by atoms with van der Waals surface area (Å²) in [5.74, 6) is -0.0689. The standard InChI is InChI=1S/C13H20N2O3S/c1-4-18-13(16)11-10(8(2)3)15-12(19-11)9-7-17-6-5-14-9/h8-9,14H,4-7H2,1-3H3. The number of hydrogen-bond donors (Lipinski definition) is 1.